The normalized spacial score (nSPS) is 14.3. The summed E-state index contributed by atoms with van der Waals surface area (Å²) < 4.78 is 40.4. The van der Waals surface area contributed by atoms with Crippen molar-refractivity contribution in [3.05, 3.63) is 45.6 Å². The van der Waals surface area contributed by atoms with Gasteiger partial charge in [0.2, 0.25) is 5.91 Å². The molecular weight excluding hydrogens is 349 g/mol. The fourth-order valence-electron chi connectivity index (χ4n) is 2.98. The molecule has 134 valence electrons. The molecule has 0 saturated carbocycles. The van der Waals surface area contributed by atoms with E-state index in [-0.39, 0.29) is 12.1 Å². The first-order chi connectivity index (χ1) is 11.9. The van der Waals surface area contributed by atoms with Crippen LogP contribution in [0.3, 0.4) is 0 Å². The Bertz CT molecular complexity index is 770. The van der Waals surface area contributed by atoms with Gasteiger partial charge in [-0.05, 0) is 48.1 Å². The molecule has 0 saturated heterocycles. The highest BCUT2D eigenvalue weighted by Crippen LogP contribution is 2.38. The van der Waals surface area contributed by atoms with Crippen molar-refractivity contribution < 1.29 is 18.0 Å². The summed E-state index contributed by atoms with van der Waals surface area (Å²) in [4.78, 5) is 14.9. The van der Waals surface area contributed by atoms with Crippen molar-refractivity contribution in [3.8, 4) is 0 Å². The first kappa shape index (κ1) is 17.8. The number of anilines is 2. The number of amides is 1. The minimum Gasteiger partial charge on any atom is -0.367 e. The number of thiophene rings is 1. The monoisotopic (exact) mass is 368 g/mol. The largest absolute Gasteiger partial charge is 0.418 e. The standard InChI is InChI=1S/C18H19F3N2OS/c1-2-3-17(24)22-15-5-4-13(10-14(15)18(19,20)21)23-8-6-16-12(11-23)7-9-25-16/h4-5,7,9-10H,2-3,6,8,11H2,1H3,(H,22,24). The molecule has 0 spiro atoms. The third-order valence-corrected chi connectivity index (χ3v) is 5.26. The van der Waals surface area contributed by atoms with Crippen LogP contribution in [0.15, 0.2) is 29.6 Å². The summed E-state index contributed by atoms with van der Waals surface area (Å²) in [6.45, 7) is 3.10. The van der Waals surface area contributed by atoms with E-state index in [4.69, 9.17) is 0 Å². The Kier molecular flexibility index (Phi) is 5.03. The average Bonchev–Trinajstić information content (AvgIpc) is 3.02. The summed E-state index contributed by atoms with van der Waals surface area (Å²) in [5.41, 5.74) is 0.719. The average molecular weight is 368 g/mol. The number of hydrogen-bond acceptors (Lipinski definition) is 3. The summed E-state index contributed by atoms with van der Waals surface area (Å²) in [7, 11) is 0. The number of halogens is 3. The molecule has 7 heteroatoms. The SMILES string of the molecule is CCCC(=O)Nc1ccc(N2CCc3sccc3C2)cc1C(F)(F)F. The molecular formula is C18H19F3N2OS. The number of nitrogens with one attached hydrogen (secondary N) is 1. The fraction of sp³-hybridized carbons (Fsp3) is 0.389. The van der Waals surface area contributed by atoms with E-state index in [1.807, 2.05) is 23.3 Å². The Labute approximate surface area is 148 Å². The van der Waals surface area contributed by atoms with Gasteiger partial charge in [0.1, 0.15) is 0 Å². The van der Waals surface area contributed by atoms with Gasteiger partial charge in [0.15, 0.2) is 0 Å². The van der Waals surface area contributed by atoms with Crippen molar-refractivity contribution >= 4 is 28.6 Å². The molecule has 25 heavy (non-hydrogen) atoms. The number of carbonyl (C=O) groups excluding carboxylic acids is 1. The van der Waals surface area contributed by atoms with Gasteiger partial charge < -0.3 is 10.2 Å². The zero-order chi connectivity index (χ0) is 18.0. The fourth-order valence-corrected chi connectivity index (χ4v) is 3.87. The molecule has 3 rings (SSSR count). The first-order valence-corrected chi connectivity index (χ1v) is 9.07. The van der Waals surface area contributed by atoms with Gasteiger partial charge in [-0.25, -0.2) is 0 Å². The predicted octanol–water partition coefficient (Wildman–Crippen LogP) is 5.07. The van der Waals surface area contributed by atoms with Gasteiger partial charge in [-0.3, -0.25) is 4.79 Å². The first-order valence-electron chi connectivity index (χ1n) is 8.19. The molecule has 0 unspecified atom stereocenters. The molecule has 0 bridgehead atoms. The zero-order valence-electron chi connectivity index (χ0n) is 13.8. The Morgan fingerprint density at radius 1 is 1.32 bits per heavy atom. The summed E-state index contributed by atoms with van der Waals surface area (Å²) >= 11 is 1.69. The second-order valence-electron chi connectivity index (χ2n) is 6.07. The topological polar surface area (TPSA) is 32.3 Å². The maximum Gasteiger partial charge on any atom is 0.418 e. The number of benzene rings is 1. The van der Waals surface area contributed by atoms with E-state index in [2.05, 4.69) is 5.32 Å². The molecule has 1 aliphatic heterocycles. The summed E-state index contributed by atoms with van der Waals surface area (Å²) in [6, 6.07) is 6.16. The van der Waals surface area contributed by atoms with E-state index in [0.29, 0.717) is 25.2 Å². The van der Waals surface area contributed by atoms with Crippen LogP contribution >= 0.6 is 11.3 Å². The molecule has 1 amide bonds. The molecule has 0 aliphatic carbocycles. The molecule has 0 atom stereocenters. The summed E-state index contributed by atoms with van der Waals surface area (Å²) in [6.07, 6.45) is -2.90. The second-order valence-corrected chi connectivity index (χ2v) is 7.07. The lowest BCUT2D eigenvalue weighted by Gasteiger charge is -2.30. The highest BCUT2D eigenvalue weighted by molar-refractivity contribution is 7.10. The second kappa shape index (κ2) is 7.07. The Hall–Kier alpha value is -2.02. The van der Waals surface area contributed by atoms with E-state index in [9.17, 15) is 18.0 Å². The molecule has 0 fully saturated rings. The molecule has 1 aromatic heterocycles. The maximum atomic E-state index is 13.5. The van der Waals surface area contributed by atoms with Crippen LogP contribution in [-0.4, -0.2) is 12.5 Å². The lowest BCUT2D eigenvalue weighted by molar-refractivity contribution is -0.136. The highest BCUT2D eigenvalue weighted by Gasteiger charge is 2.35. The number of nitrogens with zero attached hydrogens (tertiary/aromatic N) is 1. The van der Waals surface area contributed by atoms with Crippen LogP contribution in [0.2, 0.25) is 0 Å². The van der Waals surface area contributed by atoms with E-state index < -0.39 is 17.6 Å². The van der Waals surface area contributed by atoms with Gasteiger partial charge >= 0.3 is 6.18 Å². The summed E-state index contributed by atoms with van der Waals surface area (Å²) in [5, 5.41) is 4.40. The van der Waals surface area contributed by atoms with Crippen LogP contribution in [0.25, 0.3) is 0 Å². The van der Waals surface area contributed by atoms with E-state index in [1.165, 1.54) is 16.5 Å². The summed E-state index contributed by atoms with van der Waals surface area (Å²) in [5.74, 6) is -0.401. The van der Waals surface area contributed by atoms with Gasteiger partial charge in [-0.2, -0.15) is 13.2 Å². The predicted molar refractivity (Wildman–Crippen MR) is 94.1 cm³/mol. The number of carbonyl (C=O) groups is 1. The van der Waals surface area contributed by atoms with Crippen molar-refractivity contribution in [2.24, 2.45) is 0 Å². The molecule has 1 aromatic carbocycles. The minimum absolute atomic E-state index is 0.178. The minimum atomic E-state index is -4.52. The Morgan fingerprint density at radius 3 is 2.84 bits per heavy atom. The van der Waals surface area contributed by atoms with Crippen molar-refractivity contribution in [3.63, 3.8) is 0 Å². The van der Waals surface area contributed by atoms with E-state index in [1.54, 1.807) is 17.4 Å². The van der Waals surface area contributed by atoms with E-state index >= 15 is 0 Å². The lowest BCUT2D eigenvalue weighted by atomic mass is 10.1. The third-order valence-electron chi connectivity index (χ3n) is 4.23. The van der Waals surface area contributed by atoms with Gasteiger partial charge in [0.05, 0.1) is 11.3 Å². The van der Waals surface area contributed by atoms with Gasteiger partial charge in [-0.15, -0.1) is 11.3 Å². The van der Waals surface area contributed by atoms with Gasteiger partial charge in [0, 0.05) is 30.1 Å². The van der Waals surface area contributed by atoms with Crippen LogP contribution in [0, 0.1) is 0 Å². The van der Waals surface area contributed by atoms with Crippen LogP contribution in [0.1, 0.15) is 35.8 Å². The van der Waals surface area contributed by atoms with Gasteiger partial charge in [-0.1, -0.05) is 6.92 Å². The van der Waals surface area contributed by atoms with Crippen molar-refractivity contribution in [1.82, 2.24) is 0 Å². The maximum absolute atomic E-state index is 13.5. The molecule has 2 aromatic rings. The number of alkyl halides is 3. The number of rotatable bonds is 4. The Balaban J connectivity index is 1.88. The van der Waals surface area contributed by atoms with Crippen molar-refractivity contribution in [1.29, 1.82) is 0 Å². The van der Waals surface area contributed by atoms with Crippen LogP contribution in [0.4, 0.5) is 24.5 Å². The quantitative estimate of drug-likeness (QED) is 0.817. The zero-order valence-corrected chi connectivity index (χ0v) is 14.6. The smallest absolute Gasteiger partial charge is 0.367 e. The Morgan fingerprint density at radius 2 is 2.12 bits per heavy atom. The van der Waals surface area contributed by atoms with Crippen LogP contribution < -0.4 is 10.2 Å². The third kappa shape index (κ3) is 3.98. The van der Waals surface area contributed by atoms with Crippen LogP contribution in [-0.2, 0) is 23.9 Å². The number of fused-ring (bicyclic) bond motifs is 1. The van der Waals surface area contributed by atoms with Crippen molar-refractivity contribution in [2.45, 2.75) is 38.9 Å². The molecule has 1 aliphatic rings. The van der Waals surface area contributed by atoms with Gasteiger partial charge in [0.25, 0.3) is 0 Å². The molecule has 2 heterocycles. The van der Waals surface area contributed by atoms with Crippen molar-refractivity contribution in [2.75, 3.05) is 16.8 Å². The lowest BCUT2D eigenvalue weighted by Crippen LogP contribution is -2.29. The van der Waals surface area contributed by atoms with E-state index in [0.717, 1.165) is 12.5 Å². The number of hydrogen-bond donors (Lipinski definition) is 1. The molecule has 1 N–H and O–H groups in total. The highest BCUT2D eigenvalue weighted by atomic mass is 32.1. The molecule has 3 nitrogen and oxygen atoms in total. The van der Waals surface area contributed by atoms with Crippen LogP contribution in [0.5, 0.6) is 0 Å². The molecule has 0 radical (unpaired) electrons.